The number of nitrogens with zero attached hydrogens (tertiary/aromatic N) is 6. The van der Waals surface area contributed by atoms with Crippen LogP contribution in [0.25, 0.3) is 10.2 Å². The van der Waals surface area contributed by atoms with Crippen LogP contribution in [0, 0.1) is 0 Å². The molecule has 0 aromatic carbocycles. The van der Waals surface area contributed by atoms with Crippen molar-refractivity contribution in [3.05, 3.63) is 11.4 Å². The second-order valence-electron chi connectivity index (χ2n) is 3.43. The van der Waals surface area contributed by atoms with Gasteiger partial charge in [-0.1, -0.05) is 0 Å². The summed E-state index contributed by atoms with van der Waals surface area (Å²) in [7, 11) is 3.60. The minimum absolute atomic E-state index is 0.600. The van der Waals surface area contributed by atoms with Gasteiger partial charge in [0.05, 0.1) is 0 Å². The summed E-state index contributed by atoms with van der Waals surface area (Å²) in [4.78, 5) is 9.79. The number of hydrogen-bond acceptors (Lipinski definition) is 8. The Morgan fingerprint density at radius 2 is 2.28 bits per heavy atom. The molecular formula is C9H9N7S2. The Labute approximate surface area is 111 Å². The van der Waals surface area contributed by atoms with Crippen LogP contribution in [0.5, 0.6) is 0 Å². The van der Waals surface area contributed by atoms with E-state index in [9.17, 15) is 0 Å². The summed E-state index contributed by atoms with van der Waals surface area (Å²) < 4.78 is 1.62. The second-order valence-corrected chi connectivity index (χ2v) is 5.28. The Hall–Kier alpha value is -1.74. The number of rotatable bonds is 3. The number of nitrogens with one attached hydrogen (secondary N) is 1. The average molecular weight is 279 g/mol. The lowest BCUT2D eigenvalue weighted by Gasteiger charge is -2.03. The van der Waals surface area contributed by atoms with Crippen LogP contribution in [0.1, 0.15) is 0 Å². The third-order valence-corrected chi connectivity index (χ3v) is 4.12. The smallest absolute Gasteiger partial charge is 0.224 e. The molecule has 0 saturated heterocycles. The Bertz CT molecular complexity index is 689. The number of anilines is 1. The molecule has 0 spiro atoms. The van der Waals surface area contributed by atoms with E-state index in [1.54, 1.807) is 30.1 Å². The molecule has 0 atom stereocenters. The molecule has 0 amide bonds. The first-order chi connectivity index (χ1) is 8.78. The standard InChI is InChI=1S/C9H9N7S2/c1-10-8-11-6-5(3-4-17-6)7(12-8)18-9-13-14-15-16(9)2/h3-4H,1-2H3,(H,10,11,12). The molecule has 0 aliphatic heterocycles. The second kappa shape index (κ2) is 4.50. The number of aryl methyl sites for hydroxylation is 1. The van der Waals surface area contributed by atoms with Gasteiger partial charge in [0.1, 0.15) is 9.86 Å². The van der Waals surface area contributed by atoms with Crippen molar-refractivity contribution in [3.63, 3.8) is 0 Å². The summed E-state index contributed by atoms with van der Waals surface area (Å²) in [6.07, 6.45) is 0. The van der Waals surface area contributed by atoms with Crippen molar-refractivity contribution in [1.82, 2.24) is 30.2 Å². The van der Waals surface area contributed by atoms with Crippen molar-refractivity contribution in [1.29, 1.82) is 0 Å². The predicted octanol–water partition coefficient (Wildman–Crippen LogP) is 1.41. The van der Waals surface area contributed by atoms with Crippen LogP contribution in [0.2, 0.25) is 0 Å². The van der Waals surface area contributed by atoms with E-state index in [-0.39, 0.29) is 0 Å². The summed E-state index contributed by atoms with van der Waals surface area (Å²) in [5, 5.41) is 18.9. The van der Waals surface area contributed by atoms with Gasteiger partial charge in [0.15, 0.2) is 0 Å². The summed E-state index contributed by atoms with van der Waals surface area (Å²) in [5.74, 6) is 0.600. The van der Waals surface area contributed by atoms with Gasteiger partial charge in [-0.3, -0.25) is 0 Å². The lowest BCUT2D eigenvalue weighted by atomic mass is 10.4. The van der Waals surface area contributed by atoms with Crippen LogP contribution in [0.15, 0.2) is 21.6 Å². The van der Waals surface area contributed by atoms with E-state index in [1.165, 1.54) is 11.8 Å². The Morgan fingerprint density at radius 1 is 1.39 bits per heavy atom. The van der Waals surface area contributed by atoms with Crippen LogP contribution in [-0.2, 0) is 7.05 Å². The average Bonchev–Trinajstić information content (AvgIpc) is 2.98. The number of aromatic nitrogens is 6. The monoisotopic (exact) mass is 279 g/mol. The molecule has 0 aliphatic carbocycles. The van der Waals surface area contributed by atoms with E-state index in [4.69, 9.17) is 0 Å². The minimum Gasteiger partial charge on any atom is -0.357 e. The topological polar surface area (TPSA) is 81.4 Å². The molecule has 3 aromatic heterocycles. The van der Waals surface area contributed by atoms with Gasteiger partial charge in [0.2, 0.25) is 11.1 Å². The Kier molecular flexibility index (Phi) is 2.84. The van der Waals surface area contributed by atoms with Crippen molar-refractivity contribution < 1.29 is 0 Å². The summed E-state index contributed by atoms with van der Waals surface area (Å²) >= 11 is 3.01. The van der Waals surface area contributed by atoms with Crippen molar-refractivity contribution in [2.24, 2.45) is 7.05 Å². The first-order valence-corrected chi connectivity index (χ1v) is 6.81. The van der Waals surface area contributed by atoms with Crippen LogP contribution < -0.4 is 5.32 Å². The van der Waals surface area contributed by atoms with Gasteiger partial charge in [-0.15, -0.1) is 16.4 Å². The molecule has 92 valence electrons. The SMILES string of the molecule is CNc1nc(Sc2nnnn2C)c2ccsc2n1. The maximum Gasteiger partial charge on any atom is 0.224 e. The highest BCUT2D eigenvalue weighted by molar-refractivity contribution is 7.99. The normalized spacial score (nSPS) is 11.0. The Morgan fingerprint density at radius 3 is 3.00 bits per heavy atom. The molecule has 0 aliphatic rings. The number of hydrogen-bond donors (Lipinski definition) is 1. The molecule has 3 heterocycles. The van der Waals surface area contributed by atoms with Crippen molar-refractivity contribution in [2.75, 3.05) is 12.4 Å². The first-order valence-electron chi connectivity index (χ1n) is 5.11. The van der Waals surface area contributed by atoms with Gasteiger partial charge in [-0.25, -0.2) is 14.6 Å². The quantitative estimate of drug-likeness (QED) is 0.726. The van der Waals surface area contributed by atoms with Gasteiger partial charge in [-0.05, 0) is 33.6 Å². The van der Waals surface area contributed by atoms with Crippen molar-refractivity contribution in [2.45, 2.75) is 10.2 Å². The zero-order chi connectivity index (χ0) is 12.5. The number of fused-ring (bicyclic) bond motifs is 1. The lowest BCUT2D eigenvalue weighted by Crippen LogP contribution is -1.98. The zero-order valence-electron chi connectivity index (χ0n) is 9.65. The largest absolute Gasteiger partial charge is 0.357 e. The van der Waals surface area contributed by atoms with Crippen molar-refractivity contribution in [3.8, 4) is 0 Å². The molecule has 7 nitrogen and oxygen atoms in total. The molecule has 3 rings (SSSR count). The molecule has 1 N–H and O–H groups in total. The van der Waals surface area contributed by atoms with Crippen LogP contribution in [-0.4, -0.2) is 37.2 Å². The van der Waals surface area contributed by atoms with E-state index in [2.05, 4.69) is 30.8 Å². The fourth-order valence-electron chi connectivity index (χ4n) is 1.41. The molecule has 18 heavy (non-hydrogen) atoms. The molecule has 0 unspecified atom stereocenters. The fourth-order valence-corrected chi connectivity index (χ4v) is 3.07. The van der Waals surface area contributed by atoms with Crippen LogP contribution in [0.4, 0.5) is 5.95 Å². The van der Waals surface area contributed by atoms with Crippen molar-refractivity contribution >= 4 is 39.3 Å². The molecular weight excluding hydrogens is 270 g/mol. The maximum atomic E-state index is 4.45. The molecule has 0 fully saturated rings. The van der Waals surface area contributed by atoms with E-state index in [0.717, 1.165) is 15.2 Å². The molecule has 3 aromatic rings. The minimum atomic E-state index is 0.600. The zero-order valence-corrected chi connectivity index (χ0v) is 11.3. The van der Waals surface area contributed by atoms with Crippen LogP contribution >= 0.6 is 23.1 Å². The van der Waals surface area contributed by atoms with E-state index < -0.39 is 0 Å². The number of thiophene rings is 1. The van der Waals surface area contributed by atoms with Crippen LogP contribution in [0.3, 0.4) is 0 Å². The molecule has 0 saturated carbocycles. The Balaban J connectivity index is 2.10. The third-order valence-electron chi connectivity index (χ3n) is 2.28. The fraction of sp³-hybridized carbons (Fsp3) is 0.222. The highest BCUT2D eigenvalue weighted by atomic mass is 32.2. The van der Waals surface area contributed by atoms with Gasteiger partial charge in [-0.2, -0.15) is 0 Å². The van der Waals surface area contributed by atoms with Gasteiger partial charge in [0.25, 0.3) is 0 Å². The lowest BCUT2D eigenvalue weighted by molar-refractivity contribution is 0.664. The maximum absolute atomic E-state index is 4.45. The predicted molar refractivity (Wildman–Crippen MR) is 69.9 cm³/mol. The van der Waals surface area contributed by atoms with Gasteiger partial charge < -0.3 is 5.32 Å². The number of tetrazole rings is 1. The molecule has 0 radical (unpaired) electrons. The van der Waals surface area contributed by atoms with E-state index in [1.807, 2.05) is 11.4 Å². The van der Waals surface area contributed by atoms with E-state index >= 15 is 0 Å². The summed E-state index contributed by atoms with van der Waals surface area (Å²) in [5.41, 5.74) is 0. The molecule has 0 bridgehead atoms. The summed E-state index contributed by atoms with van der Waals surface area (Å²) in [6.45, 7) is 0. The summed E-state index contributed by atoms with van der Waals surface area (Å²) in [6, 6.07) is 2.01. The van der Waals surface area contributed by atoms with Gasteiger partial charge >= 0.3 is 0 Å². The third kappa shape index (κ3) is 1.91. The first kappa shape index (κ1) is 11.4. The van der Waals surface area contributed by atoms with E-state index in [0.29, 0.717) is 11.1 Å². The molecule has 9 heteroatoms. The van der Waals surface area contributed by atoms with Gasteiger partial charge in [0, 0.05) is 19.5 Å². The highest BCUT2D eigenvalue weighted by Crippen LogP contribution is 2.32. The highest BCUT2D eigenvalue weighted by Gasteiger charge is 2.12.